The number of nitrogen functional groups attached to an aromatic ring is 1. The highest BCUT2D eigenvalue weighted by Gasteiger charge is 2.52. The van der Waals surface area contributed by atoms with Crippen molar-refractivity contribution in [2.45, 2.75) is 37.1 Å². The van der Waals surface area contributed by atoms with Crippen LogP contribution >= 0.6 is 25.8 Å². The predicted molar refractivity (Wildman–Crippen MR) is 164 cm³/mol. The molecule has 3 fully saturated rings. The van der Waals surface area contributed by atoms with Crippen LogP contribution in [0.25, 0.3) is 28.1 Å². The lowest BCUT2D eigenvalue weighted by Gasteiger charge is -2.45. The number of nitrogens with two attached hydrogens (primary N) is 1. The van der Waals surface area contributed by atoms with E-state index in [2.05, 4.69) is 42.2 Å². The molecule has 5 aromatic rings. The van der Waals surface area contributed by atoms with E-state index < -0.39 is 50.3 Å². The maximum Gasteiger partial charge on any atom is 0.386 e. The molecular formula is C23H25FN10O8P2S2. The van der Waals surface area contributed by atoms with Gasteiger partial charge in [0.1, 0.15) is 29.7 Å². The molecule has 5 aromatic heterocycles. The number of fused-ring (bicyclic) bond motifs is 6. The van der Waals surface area contributed by atoms with Crippen molar-refractivity contribution < 1.29 is 36.7 Å². The summed E-state index contributed by atoms with van der Waals surface area (Å²) in [4.78, 5) is 48.0. The molecule has 0 aromatic carbocycles. The molecule has 2 bridgehead atoms. The van der Waals surface area contributed by atoms with E-state index in [-0.39, 0.29) is 53.9 Å². The van der Waals surface area contributed by atoms with Gasteiger partial charge in [0, 0.05) is 24.4 Å². The second-order valence-corrected chi connectivity index (χ2v) is 16.8. The Kier molecular flexibility index (Phi) is 7.37. The fraction of sp³-hybridized carbons (Fsp3) is 0.478. The minimum absolute atomic E-state index is 0.0205. The third-order valence-corrected chi connectivity index (χ3v) is 11.8. The molecule has 0 spiro atoms. The summed E-state index contributed by atoms with van der Waals surface area (Å²) in [5, 5.41) is 0. The number of ether oxygens (including phenoxy) is 1. The molecule has 1 aliphatic carbocycles. The van der Waals surface area contributed by atoms with Crippen molar-refractivity contribution >= 4 is 71.5 Å². The average Bonchev–Trinajstić information content (AvgIpc) is 3.79. The van der Waals surface area contributed by atoms with E-state index in [0.29, 0.717) is 17.6 Å². The van der Waals surface area contributed by atoms with Crippen LogP contribution in [-0.2, 0) is 39.2 Å². The SMILES string of the molecule is Nc1ncnc2c1ncn2[C@@H]1C[C@@H]2COP(O)(=S)O[C@@H]3[C@H](F)[C@@H](COP(=O)(S)OC[C@H]21)O[C@H]3n1cnc2c(=O)n3ccnc3[nH]c21. The smallest absolute Gasteiger partial charge is 0.382 e. The maximum atomic E-state index is 16.0. The Morgan fingerprint density at radius 3 is 2.72 bits per heavy atom. The van der Waals surface area contributed by atoms with Crippen molar-refractivity contribution in [3.05, 3.63) is 41.7 Å². The number of hydrogen-bond donors (Lipinski definition) is 4. The van der Waals surface area contributed by atoms with Gasteiger partial charge in [0.15, 0.2) is 29.4 Å². The molecule has 0 amide bonds. The first-order chi connectivity index (χ1) is 22.0. The molecule has 2 saturated heterocycles. The van der Waals surface area contributed by atoms with Crippen molar-refractivity contribution in [2.24, 2.45) is 11.8 Å². The fourth-order valence-corrected chi connectivity index (χ4v) is 8.81. The molecule has 244 valence electrons. The summed E-state index contributed by atoms with van der Waals surface area (Å²) in [7, 11) is 0. The Morgan fingerprint density at radius 1 is 1.09 bits per heavy atom. The largest absolute Gasteiger partial charge is 0.386 e. The van der Waals surface area contributed by atoms with Crippen molar-refractivity contribution in [3.63, 3.8) is 0 Å². The molecule has 18 nitrogen and oxygen atoms in total. The molecule has 3 aliphatic rings. The van der Waals surface area contributed by atoms with Crippen LogP contribution in [-0.4, -0.2) is 86.5 Å². The number of halogens is 1. The molecule has 0 radical (unpaired) electrons. The first-order valence-electron chi connectivity index (χ1n) is 13.9. The first kappa shape index (κ1) is 30.5. The van der Waals surface area contributed by atoms with Gasteiger partial charge in [-0.2, -0.15) is 0 Å². The van der Waals surface area contributed by atoms with Crippen LogP contribution in [0.2, 0.25) is 0 Å². The van der Waals surface area contributed by atoms with E-state index >= 15 is 4.39 Å². The van der Waals surface area contributed by atoms with Gasteiger partial charge >= 0.3 is 13.5 Å². The molecule has 46 heavy (non-hydrogen) atoms. The summed E-state index contributed by atoms with van der Waals surface area (Å²) >= 11 is 9.45. The molecule has 7 heterocycles. The van der Waals surface area contributed by atoms with Gasteiger partial charge in [0.2, 0.25) is 5.78 Å². The standard InChI is InChI=1S/C23H25FN10O8P2S2/c24-14-13-6-40-43(36,45)39-5-11-10(3-12(11)33-8-29-15-18(25)27-7-28-19(15)33)4-38-44(37,46)42-17(14)22(41-13)34-9-30-16-20(34)31-23-26-1-2-32(23)21(16)35/h1-2,7-14,17,22H,3-6H2,(H,26,31)(H,36,45)(H,37,46)(H2,25,27,28)/t10-,11-,12-,13-,14-,17-,22-,43?,44?/m1/s1. The van der Waals surface area contributed by atoms with Crippen LogP contribution in [0.3, 0.4) is 0 Å². The molecule has 2 unspecified atom stereocenters. The molecule has 8 rings (SSSR count). The van der Waals surface area contributed by atoms with Gasteiger partial charge in [-0.1, -0.05) is 12.2 Å². The van der Waals surface area contributed by atoms with Crippen LogP contribution in [0.1, 0.15) is 18.7 Å². The number of H-pyrrole nitrogens is 1. The Labute approximate surface area is 267 Å². The number of hydrogen-bond acceptors (Lipinski definition) is 14. The Balaban J connectivity index is 1.10. The maximum absolute atomic E-state index is 16.0. The third kappa shape index (κ3) is 5.09. The number of aromatic nitrogens is 9. The molecule has 9 atom stereocenters. The fourth-order valence-electron chi connectivity index (χ4n) is 6.19. The van der Waals surface area contributed by atoms with Crippen LogP contribution in [0, 0.1) is 11.8 Å². The second-order valence-electron chi connectivity index (χ2n) is 11.1. The molecular weight excluding hydrogens is 689 g/mol. The highest BCUT2D eigenvalue weighted by atomic mass is 32.7. The van der Waals surface area contributed by atoms with E-state index in [9.17, 15) is 14.3 Å². The number of nitrogens with zero attached hydrogens (tertiary/aromatic N) is 8. The average molecular weight is 715 g/mol. The van der Waals surface area contributed by atoms with Crippen LogP contribution in [0.15, 0.2) is 36.2 Å². The van der Waals surface area contributed by atoms with Gasteiger partial charge in [-0.25, -0.2) is 38.3 Å². The molecule has 23 heteroatoms. The zero-order valence-corrected chi connectivity index (χ0v) is 26.8. The van der Waals surface area contributed by atoms with Crippen LogP contribution in [0.4, 0.5) is 10.2 Å². The minimum Gasteiger partial charge on any atom is -0.382 e. The molecule has 4 N–H and O–H groups in total. The number of aromatic amines is 1. The Hall–Kier alpha value is -2.84. The lowest BCUT2D eigenvalue weighted by atomic mass is 9.70. The number of thiol groups is 1. The lowest BCUT2D eigenvalue weighted by molar-refractivity contribution is -0.0450. The van der Waals surface area contributed by atoms with E-state index in [0.717, 1.165) is 0 Å². The van der Waals surface area contributed by atoms with E-state index in [1.54, 1.807) is 6.33 Å². The van der Waals surface area contributed by atoms with Gasteiger partial charge in [0.25, 0.3) is 5.56 Å². The first-order valence-corrected chi connectivity index (χ1v) is 19.2. The molecule has 2 aliphatic heterocycles. The highest BCUT2D eigenvalue weighted by Crippen LogP contribution is 2.58. The quantitative estimate of drug-likeness (QED) is 0.152. The summed E-state index contributed by atoms with van der Waals surface area (Å²) in [6.45, 7) is -8.85. The highest BCUT2D eigenvalue weighted by molar-refractivity contribution is 8.44. The third-order valence-electron chi connectivity index (χ3n) is 8.55. The Morgan fingerprint density at radius 2 is 1.87 bits per heavy atom. The monoisotopic (exact) mass is 714 g/mol. The zero-order valence-electron chi connectivity index (χ0n) is 23.3. The van der Waals surface area contributed by atoms with Gasteiger partial charge in [-0.15, -0.1) is 0 Å². The summed E-state index contributed by atoms with van der Waals surface area (Å²) in [6, 6.07) is -0.232. The molecule has 1 saturated carbocycles. The van der Waals surface area contributed by atoms with Gasteiger partial charge in [-0.05, 0) is 24.1 Å². The number of rotatable bonds is 2. The number of anilines is 1. The van der Waals surface area contributed by atoms with Gasteiger partial charge < -0.3 is 34.0 Å². The van der Waals surface area contributed by atoms with Crippen LogP contribution in [0.5, 0.6) is 0 Å². The van der Waals surface area contributed by atoms with Gasteiger partial charge in [0.05, 0.1) is 32.5 Å². The van der Waals surface area contributed by atoms with Crippen molar-refractivity contribution in [3.8, 4) is 0 Å². The van der Waals surface area contributed by atoms with Gasteiger partial charge in [-0.3, -0.25) is 18.4 Å². The van der Waals surface area contributed by atoms with E-state index in [1.807, 2.05) is 4.57 Å². The summed E-state index contributed by atoms with van der Waals surface area (Å²) in [6.07, 6.45) is 1.40. The van der Waals surface area contributed by atoms with Crippen molar-refractivity contribution in [1.29, 1.82) is 0 Å². The predicted octanol–water partition coefficient (Wildman–Crippen LogP) is 1.91. The van der Waals surface area contributed by atoms with Crippen LogP contribution < -0.4 is 11.3 Å². The topological polar surface area (TPSA) is 221 Å². The minimum atomic E-state index is -4.08. The second kappa shape index (κ2) is 11.1. The lowest BCUT2D eigenvalue weighted by Crippen LogP contribution is -2.43. The zero-order chi connectivity index (χ0) is 32.0. The van der Waals surface area contributed by atoms with E-state index in [1.165, 1.54) is 34.0 Å². The summed E-state index contributed by atoms with van der Waals surface area (Å²) in [5.74, 6) is -0.164. The van der Waals surface area contributed by atoms with Crippen molar-refractivity contribution in [1.82, 2.24) is 43.4 Å². The van der Waals surface area contributed by atoms with Crippen molar-refractivity contribution in [2.75, 3.05) is 25.6 Å². The number of alkyl halides is 1. The summed E-state index contributed by atoms with van der Waals surface area (Å²) < 4.78 is 62.3. The van der Waals surface area contributed by atoms with E-state index in [4.69, 9.17) is 40.4 Å². The number of nitrogens with one attached hydrogen (secondary N) is 1. The Bertz CT molecular complexity index is 2140. The number of imidazole rings is 3. The normalized spacial score (nSPS) is 35.7. The summed E-state index contributed by atoms with van der Waals surface area (Å²) in [5.41, 5.74) is 6.60.